The topological polar surface area (TPSA) is 144 Å². The predicted octanol–water partition coefficient (Wildman–Crippen LogP) is 1.91. The van der Waals surface area contributed by atoms with Crippen LogP contribution in [0.25, 0.3) is 0 Å². The van der Waals surface area contributed by atoms with Crippen molar-refractivity contribution >= 4 is 99.4 Å². The molecule has 33 heavy (non-hydrogen) atoms. The fourth-order valence-electron chi connectivity index (χ4n) is 2.56. The Morgan fingerprint density at radius 3 is 1.73 bits per heavy atom. The lowest BCUT2D eigenvalue weighted by molar-refractivity contribution is -0.271. The number of ether oxygens (including phenoxy) is 5. The number of nitrogens with one attached hydrogen (secondary N) is 1. The third kappa shape index (κ3) is 9.67. The van der Waals surface area contributed by atoms with Gasteiger partial charge in [-0.25, -0.2) is 4.79 Å². The maximum Gasteiger partial charge on any atom is 0.360 e. The number of hydrogen-bond donors (Lipinski definition) is 1. The summed E-state index contributed by atoms with van der Waals surface area (Å²) in [7, 11) is 0. The SMILES string of the molecule is CC(=O)OC[C@H]1O[C@H](OC(=O)C(Cl)(Cl)Cl)[C@H](NC(=O)C(Cl)(Cl)Cl)[C@@H](OC(C)=O)[C@@H]1OC(C)=O. The lowest BCUT2D eigenvalue weighted by Gasteiger charge is -2.44. The summed E-state index contributed by atoms with van der Waals surface area (Å²) in [5, 5.41) is 2.17. The van der Waals surface area contributed by atoms with E-state index >= 15 is 0 Å². The normalized spacial score (nSPS) is 25.4. The van der Waals surface area contributed by atoms with Gasteiger partial charge >= 0.3 is 23.9 Å². The van der Waals surface area contributed by atoms with Crippen molar-refractivity contribution < 1.29 is 47.7 Å². The largest absolute Gasteiger partial charge is 0.463 e. The maximum absolute atomic E-state index is 12.3. The molecule has 17 heteroatoms. The van der Waals surface area contributed by atoms with Crippen LogP contribution in [0.1, 0.15) is 20.8 Å². The van der Waals surface area contributed by atoms with E-state index in [1.54, 1.807) is 0 Å². The van der Waals surface area contributed by atoms with E-state index in [1.807, 2.05) is 0 Å². The number of alkyl halides is 6. The molecule has 1 aliphatic heterocycles. The van der Waals surface area contributed by atoms with Crippen LogP contribution in [0, 0.1) is 0 Å². The van der Waals surface area contributed by atoms with Gasteiger partial charge in [-0.3, -0.25) is 19.2 Å². The van der Waals surface area contributed by atoms with Crippen molar-refractivity contribution in [1.29, 1.82) is 0 Å². The molecule has 1 saturated heterocycles. The molecule has 0 saturated carbocycles. The Bertz CT molecular complexity index is 783. The van der Waals surface area contributed by atoms with Gasteiger partial charge in [0.2, 0.25) is 6.29 Å². The molecular weight excluding hydrogens is 579 g/mol. The zero-order valence-corrected chi connectivity index (χ0v) is 21.5. The molecule has 0 aromatic heterocycles. The minimum absolute atomic E-state index is 0.558. The molecule has 0 spiro atoms. The summed E-state index contributed by atoms with van der Waals surface area (Å²) in [5.74, 6) is -5.23. The third-order valence-electron chi connectivity index (χ3n) is 3.71. The molecule has 1 heterocycles. The zero-order chi connectivity index (χ0) is 25.7. The predicted molar refractivity (Wildman–Crippen MR) is 115 cm³/mol. The van der Waals surface area contributed by atoms with E-state index in [0.717, 1.165) is 20.8 Å². The minimum Gasteiger partial charge on any atom is -0.463 e. The van der Waals surface area contributed by atoms with Crippen LogP contribution in [-0.2, 0) is 47.7 Å². The fourth-order valence-corrected chi connectivity index (χ4v) is 2.86. The Morgan fingerprint density at radius 1 is 0.788 bits per heavy atom. The smallest absolute Gasteiger partial charge is 0.360 e. The van der Waals surface area contributed by atoms with E-state index in [9.17, 15) is 24.0 Å². The minimum atomic E-state index is -2.58. The van der Waals surface area contributed by atoms with E-state index in [-0.39, 0.29) is 0 Å². The van der Waals surface area contributed by atoms with Crippen molar-refractivity contribution in [3.8, 4) is 0 Å². The molecule has 1 aliphatic rings. The number of carbonyl (C=O) groups excluding carboxylic acids is 5. The third-order valence-corrected chi connectivity index (χ3v) is 4.69. The summed E-state index contributed by atoms with van der Waals surface area (Å²) in [4.78, 5) is 59.2. The van der Waals surface area contributed by atoms with Gasteiger partial charge in [0, 0.05) is 20.8 Å². The quantitative estimate of drug-likeness (QED) is 0.275. The lowest BCUT2D eigenvalue weighted by atomic mass is 9.96. The Balaban J connectivity index is 3.50. The molecule has 0 unspecified atom stereocenters. The summed E-state index contributed by atoms with van der Waals surface area (Å²) in [6.07, 6.45) is -6.34. The first-order valence-electron chi connectivity index (χ1n) is 8.72. The van der Waals surface area contributed by atoms with Crippen molar-refractivity contribution in [3.05, 3.63) is 0 Å². The van der Waals surface area contributed by atoms with Crippen LogP contribution < -0.4 is 5.32 Å². The lowest BCUT2D eigenvalue weighted by Crippen LogP contribution is -2.68. The van der Waals surface area contributed by atoms with Crippen LogP contribution in [0.3, 0.4) is 0 Å². The Morgan fingerprint density at radius 2 is 1.30 bits per heavy atom. The number of esters is 4. The number of carbonyl (C=O) groups is 5. The summed E-state index contributed by atoms with van der Waals surface area (Å²) in [6.45, 7) is 2.55. The highest BCUT2D eigenvalue weighted by molar-refractivity contribution is 6.76. The standard InChI is InChI=1S/C16H17Cl6NO10/c1-5(24)29-4-8-10(30-6(2)25)11(31-7(3)26)9(23-13(27)15(17,18)19)12(32-8)33-14(28)16(20,21)22/h8-12H,4H2,1-3H3,(H,23,27)/t8-,9-,10-,11-,12-/m1/s1. The number of hydrogen-bond acceptors (Lipinski definition) is 10. The molecule has 0 radical (unpaired) electrons. The Labute approximate surface area is 217 Å². The highest BCUT2D eigenvalue weighted by Gasteiger charge is 2.54. The first-order chi connectivity index (χ1) is 14.9. The van der Waals surface area contributed by atoms with E-state index in [2.05, 4.69) is 5.32 Å². The molecule has 0 aliphatic carbocycles. The second-order valence-electron chi connectivity index (χ2n) is 6.39. The van der Waals surface area contributed by atoms with Gasteiger partial charge in [0.25, 0.3) is 13.5 Å². The Hall–Kier alpha value is -0.950. The molecule has 1 amide bonds. The van der Waals surface area contributed by atoms with Gasteiger partial charge in [0.15, 0.2) is 12.2 Å². The van der Waals surface area contributed by atoms with Gasteiger partial charge in [-0.15, -0.1) is 0 Å². The average Bonchev–Trinajstić information content (AvgIpc) is 2.62. The number of amides is 1. The monoisotopic (exact) mass is 593 g/mol. The van der Waals surface area contributed by atoms with Gasteiger partial charge < -0.3 is 29.0 Å². The summed E-state index contributed by atoms with van der Waals surface area (Å²) in [6, 6.07) is -1.65. The van der Waals surface area contributed by atoms with Crippen molar-refractivity contribution in [3.63, 3.8) is 0 Å². The zero-order valence-electron chi connectivity index (χ0n) is 16.9. The van der Waals surface area contributed by atoms with Gasteiger partial charge in [-0.1, -0.05) is 69.6 Å². The second-order valence-corrected chi connectivity index (χ2v) is 11.0. The first-order valence-corrected chi connectivity index (χ1v) is 11.0. The van der Waals surface area contributed by atoms with Crippen LogP contribution in [0.5, 0.6) is 0 Å². The molecule has 1 N–H and O–H groups in total. The van der Waals surface area contributed by atoms with E-state index in [4.69, 9.17) is 93.3 Å². The average molecular weight is 596 g/mol. The molecule has 0 aromatic rings. The fraction of sp³-hybridized carbons (Fsp3) is 0.688. The highest BCUT2D eigenvalue weighted by Crippen LogP contribution is 2.33. The van der Waals surface area contributed by atoms with Gasteiger partial charge in [0.1, 0.15) is 18.8 Å². The molecular formula is C16H17Cl6NO10. The van der Waals surface area contributed by atoms with Crippen LogP contribution in [0.2, 0.25) is 0 Å². The van der Waals surface area contributed by atoms with Gasteiger partial charge in [-0.05, 0) is 0 Å². The summed E-state index contributed by atoms with van der Waals surface area (Å²) >= 11 is 33.3. The van der Waals surface area contributed by atoms with Crippen LogP contribution in [0.15, 0.2) is 0 Å². The molecule has 11 nitrogen and oxygen atoms in total. The summed E-state index contributed by atoms with van der Waals surface area (Å²) in [5.41, 5.74) is 0. The molecule has 0 bridgehead atoms. The highest BCUT2D eigenvalue weighted by atomic mass is 35.6. The molecule has 0 aromatic carbocycles. The van der Waals surface area contributed by atoms with Crippen molar-refractivity contribution in [2.45, 2.75) is 59.0 Å². The van der Waals surface area contributed by atoms with Crippen molar-refractivity contribution in [2.24, 2.45) is 0 Å². The summed E-state index contributed by atoms with van der Waals surface area (Å²) < 4.78 is 20.7. The van der Waals surface area contributed by atoms with Crippen molar-refractivity contribution in [1.82, 2.24) is 5.32 Å². The Kier molecular flexibility index (Phi) is 11.1. The van der Waals surface area contributed by atoms with Crippen LogP contribution in [-0.4, -0.2) is 74.6 Å². The molecule has 5 atom stereocenters. The van der Waals surface area contributed by atoms with Gasteiger partial charge in [0.05, 0.1) is 0 Å². The van der Waals surface area contributed by atoms with Gasteiger partial charge in [-0.2, -0.15) is 0 Å². The first kappa shape index (κ1) is 30.1. The van der Waals surface area contributed by atoms with E-state index in [0.29, 0.717) is 0 Å². The molecule has 1 rings (SSSR count). The van der Waals surface area contributed by atoms with Crippen LogP contribution in [0.4, 0.5) is 0 Å². The van der Waals surface area contributed by atoms with E-state index < -0.39 is 74.6 Å². The molecule has 1 fully saturated rings. The molecule has 188 valence electrons. The maximum atomic E-state index is 12.3. The van der Waals surface area contributed by atoms with Crippen LogP contribution >= 0.6 is 69.6 Å². The number of halogens is 6. The number of rotatable bonds is 6. The van der Waals surface area contributed by atoms with Crippen molar-refractivity contribution in [2.75, 3.05) is 6.61 Å². The van der Waals surface area contributed by atoms with E-state index in [1.165, 1.54) is 0 Å². The second kappa shape index (κ2) is 12.1.